The van der Waals surface area contributed by atoms with Gasteiger partial charge in [-0.2, -0.15) is 5.10 Å². The second kappa shape index (κ2) is 11.5. The number of nitrogens with one attached hydrogen (secondary N) is 1. The van der Waals surface area contributed by atoms with Crippen LogP contribution in [0.3, 0.4) is 0 Å². The number of carbonyl (C=O) groups is 2. The minimum atomic E-state index is -4.21. The number of carbonyl (C=O) groups excluding carboxylic acids is 2. The van der Waals surface area contributed by atoms with Crippen LogP contribution in [0, 0.1) is 5.82 Å². The number of amides is 2. The van der Waals surface area contributed by atoms with E-state index in [-0.39, 0.29) is 22.6 Å². The molecule has 0 aliphatic carbocycles. The summed E-state index contributed by atoms with van der Waals surface area (Å²) in [5.41, 5.74) is 2.60. The number of nitrogens with zero attached hydrogens (tertiary/aromatic N) is 5. The maximum absolute atomic E-state index is 13.7. The summed E-state index contributed by atoms with van der Waals surface area (Å²) in [6.45, 7) is 6.55. The van der Waals surface area contributed by atoms with Gasteiger partial charge in [0.1, 0.15) is 16.3 Å². The number of likely N-dealkylation sites (tertiary alicyclic amines) is 1. The Morgan fingerprint density at radius 1 is 1.15 bits per heavy atom. The van der Waals surface area contributed by atoms with Gasteiger partial charge in [0.25, 0.3) is 15.9 Å². The number of benzene rings is 1. The van der Waals surface area contributed by atoms with E-state index in [9.17, 15) is 22.4 Å². The standard InChI is InChI=1S/C26H30ClFN6O5S/c1-26(2,3)39-25(36)33-10-8-19(9-11-33)34-16-18(14-30-34)17-12-20(15-29-13-17)40(37,38)32(4)31-24(35)21-6-5-7-22(28)23(21)27/h5-7,12-16,19H,8-11H2,1-4H3,(H,31,35). The normalized spacial score (nSPS) is 14.8. The van der Waals surface area contributed by atoms with Gasteiger partial charge in [-0.05, 0) is 51.8 Å². The first-order chi connectivity index (χ1) is 18.8. The molecule has 0 atom stereocenters. The zero-order chi connectivity index (χ0) is 29.2. The first kappa shape index (κ1) is 29.4. The molecule has 14 heteroatoms. The molecule has 0 spiro atoms. The van der Waals surface area contributed by atoms with Crippen LogP contribution in [0.15, 0.2) is 53.9 Å². The molecule has 1 aromatic carbocycles. The fraction of sp³-hybridized carbons (Fsp3) is 0.385. The van der Waals surface area contributed by atoms with Gasteiger partial charge in [-0.15, -0.1) is 4.41 Å². The highest BCUT2D eigenvalue weighted by molar-refractivity contribution is 7.89. The molecule has 0 saturated carbocycles. The number of hydrazine groups is 1. The Hall–Kier alpha value is -3.55. The van der Waals surface area contributed by atoms with Gasteiger partial charge >= 0.3 is 6.09 Å². The number of hydrogen-bond donors (Lipinski definition) is 1. The van der Waals surface area contributed by atoms with E-state index in [1.807, 2.05) is 20.8 Å². The lowest BCUT2D eigenvalue weighted by Crippen LogP contribution is -2.43. The van der Waals surface area contributed by atoms with E-state index in [1.54, 1.807) is 22.0 Å². The van der Waals surface area contributed by atoms with Gasteiger partial charge in [-0.25, -0.2) is 17.6 Å². The number of halogens is 2. The van der Waals surface area contributed by atoms with Crippen LogP contribution in [0.2, 0.25) is 5.02 Å². The van der Waals surface area contributed by atoms with E-state index in [2.05, 4.69) is 15.5 Å². The van der Waals surface area contributed by atoms with E-state index in [0.717, 1.165) is 19.3 Å². The molecule has 1 aliphatic rings. The summed E-state index contributed by atoms with van der Waals surface area (Å²) in [7, 11) is -3.06. The van der Waals surface area contributed by atoms with E-state index >= 15 is 0 Å². The fourth-order valence-electron chi connectivity index (χ4n) is 4.14. The van der Waals surface area contributed by atoms with Gasteiger partial charge in [0.15, 0.2) is 0 Å². The molecular formula is C26H30ClFN6O5S. The third kappa shape index (κ3) is 6.60. The number of aromatic nitrogens is 3. The average Bonchev–Trinajstić information content (AvgIpc) is 3.40. The second-order valence-electron chi connectivity index (χ2n) is 10.3. The van der Waals surface area contributed by atoms with Crippen molar-refractivity contribution in [2.24, 2.45) is 0 Å². The molecule has 1 aliphatic heterocycles. The summed E-state index contributed by atoms with van der Waals surface area (Å²) in [6, 6.07) is 5.15. The monoisotopic (exact) mass is 592 g/mol. The lowest BCUT2D eigenvalue weighted by atomic mass is 10.1. The molecule has 4 rings (SSSR count). The van der Waals surface area contributed by atoms with Crippen molar-refractivity contribution in [1.29, 1.82) is 0 Å². The predicted molar refractivity (Wildman–Crippen MR) is 145 cm³/mol. The van der Waals surface area contributed by atoms with E-state index < -0.39 is 32.4 Å². The van der Waals surface area contributed by atoms with Gasteiger partial charge in [0.2, 0.25) is 0 Å². The minimum Gasteiger partial charge on any atom is -0.444 e. The van der Waals surface area contributed by atoms with Gasteiger partial charge in [0, 0.05) is 49.9 Å². The van der Waals surface area contributed by atoms with Crippen molar-refractivity contribution in [3.05, 3.63) is 65.5 Å². The summed E-state index contributed by atoms with van der Waals surface area (Å²) in [5.74, 6) is -1.69. The SMILES string of the molecule is CN(NC(=O)c1cccc(F)c1Cl)S(=O)(=O)c1cncc(-c2cnn(C3CCN(C(=O)OC(C)(C)C)CC3)c2)c1. The number of sulfonamides is 1. The van der Waals surface area contributed by atoms with Crippen molar-refractivity contribution in [2.45, 2.75) is 50.2 Å². The van der Waals surface area contributed by atoms with Crippen LogP contribution in [0.4, 0.5) is 9.18 Å². The van der Waals surface area contributed by atoms with Crippen molar-refractivity contribution in [1.82, 2.24) is 29.5 Å². The summed E-state index contributed by atoms with van der Waals surface area (Å²) in [6.07, 6.45) is 7.13. The van der Waals surface area contributed by atoms with Crippen LogP contribution < -0.4 is 5.43 Å². The third-order valence-corrected chi connectivity index (χ3v) is 8.27. The van der Waals surface area contributed by atoms with E-state index in [1.165, 1.54) is 24.4 Å². The maximum Gasteiger partial charge on any atom is 0.410 e. The molecule has 2 aromatic heterocycles. The molecule has 1 N–H and O–H groups in total. The Balaban J connectivity index is 1.44. The highest BCUT2D eigenvalue weighted by Crippen LogP contribution is 2.27. The van der Waals surface area contributed by atoms with Gasteiger partial charge < -0.3 is 9.64 Å². The smallest absolute Gasteiger partial charge is 0.410 e. The van der Waals surface area contributed by atoms with E-state index in [4.69, 9.17) is 16.3 Å². The zero-order valence-electron chi connectivity index (χ0n) is 22.5. The van der Waals surface area contributed by atoms with Crippen molar-refractivity contribution in [3.63, 3.8) is 0 Å². The lowest BCUT2D eigenvalue weighted by molar-refractivity contribution is 0.0184. The number of rotatable bonds is 6. The molecule has 0 unspecified atom stereocenters. The fourth-order valence-corrected chi connectivity index (χ4v) is 5.35. The molecule has 40 heavy (non-hydrogen) atoms. The average molecular weight is 593 g/mol. The van der Waals surface area contributed by atoms with Crippen LogP contribution in [0.25, 0.3) is 11.1 Å². The topological polar surface area (TPSA) is 127 Å². The van der Waals surface area contributed by atoms with Crippen molar-refractivity contribution >= 4 is 33.6 Å². The highest BCUT2D eigenvalue weighted by Gasteiger charge is 2.29. The molecule has 2 amide bonds. The zero-order valence-corrected chi connectivity index (χ0v) is 24.0. The second-order valence-corrected chi connectivity index (χ2v) is 12.7. The molecule has 3 aromatic rings. The Kier molecular flexibility index (Phi) is 8.47. The predicted octanol–water partition coefficient (Wildman–Crippen LogP) is 4.28. The molecule has 214 valence electrons. The number of pyridine rings is 1. The summed E-state index contributed by atoms with van der Waals surface area (Å²) in [4.78, 5) is 30.5. The first-order valence-corrected chi connectivity index (χ1v) is 14.3. The molecule has 0 radical (unpaired) electrons. The van der Waals surface area contributed by atoms with Crippen molar-refractivity contribution in [2.75, 3.05) is 20.1 Å². The number of hydrogen-bond acceptors (Lipinski definition) is 7. The molecule has 1 saturated heterocycles. The lowest BCUT2D eigenvalue weighted by Gasteiger charge is -2.33. The van der Waals surface area contributed by atoms with Crippen LogP contribution in [-0.2, 0) is 14.8 Å². The Bertz CT molecular complexity index is 1520. The van der Waals surface area contributed by atoms with Crippen LogP contribution in [0.5, 0.6) is 0 Å². The number of piperidine rings is 1. The Labute approximate surface area is 236 Å². The van der Waals surface area contributed by atoms with Gasteiger partial charge in [0.05, 0.1) is 22.8 Å². The molecule has 1 fully saturated rings. The number of ether oxygens (including phenoxy) is 1. The third-order valence-electron chi connectivity index (χ3n) is 6.25. The Morgan fingerprint density at radius 3 is 2.52 bits per heavy atom. The van der Waals surface area contributed by atoms with Gasteiger partial charge in [-0.1, -0.05) is 17.7 Å². The van der Waals surface area contributed by atoms with Crippen molar-refractivity contribution in [3.8, 4) is 11.1 Å². The van der Waals surface area contributed by atoms with Gasteiger partial charge in [-0.3, -0.25) is 19.9 Å². The van der Waals surface area contributed by atoms with E-state index in [0.29, 0.717) is 41.5 Å². The first-order valence-electron chi connectivity index (χ1n) is 12.5. The maximum atomic E-state index is 13.7. The summed E-state index contributed by atoms with van der Waals surface area (Å²) < 4.78 is 47.9. The molecule has 0 bridgehead atoms. The van der Waals surface area contributed by atoms with Crippen LogP contribution in [-0.4, -0.2) is 70.2 Å². The summed E-state index contributed by atoms with van der Waals surface area (Å²) >= 11 is 5.85. The Morgan fingerprint density at radius 2 is 1.85 bits per heavy atom. The highest BCUT2D eigenvalue weighted by atomic mass is 35.5. The van der Waals surface area contributed by atoms with Crippen molar-refractivity contribution < 1.29 is 27.1 Å². The molecular weight excluding hydrogens is 563 g/mol. The summed E-state index contributed by atoms with van der Waals surface area (Å²) in [5, 5.41) is 4.04. The van der Waals surface area contributed by atoms with Crippen LogP contribution >= 0.6 is 11.6 Å². The van der Waals surface area contributed by atoms with Crippen LogP contribution in [0.1, 0.15) is 50.0 Å². The largest absolute Gasteiger partial charge is 0.444 e. The molecule has 3 heterocycles. The quantitative estimate of drug-likeness (QED) is 0.423. The minimum absolute atomic E-state index is 0.0586. The molecule has 11 nitrogen and oxygen atoms in total.